The van der Waals surface area contributed by atoms with Gasteiger partial charge < -0.3 is 14.7 Å². The molecule has 134 valence electrons. The van der Waals surface area contributed by atoms with Crippen LogP contribution in [-0.2, 0) is 6.54 Å². The molecule has 0 unspecified atom stereocenters. The van der Waals surface area contributed by atoms with Gasteiger partial charge >= 0.3 is 6.09 Å². The van der Waals surface area contributed by atoms with E-state index in [4.69, 9.17) is 4.74 Å². The zero-order chi connectivity index (χ0) is 18.3. The van der Waals surface area contributed by atoms with Gasteiger partial charge in [-0.2, -0.15) is 4.98 Å². The highest BCUT2D eigenvalue weighted by Crippen LogP contribution is 2.39. The number of anilines is 1. The first-order chi connectivity index (χ1) is 10.9. The Balaban J connectivity index is 2.51. The Morgan fingerprint density at radius 1 is 1.42 bits per heavy atom. The van der Waals surface area contributed by atoms with E-state index in [1.165, 1.54) is 4.90 Å². The molecule has 1 aliphatic rings. The van der Waals surface area contributed by atoms with E-state index < -0.39 is 11.7 Å². The number of ether oxygens (including phenoxy) is 1. The van der Waals surface area contributed by atoms with Crippen LogP contribution in [0.3, 0.4) is 0 Å². The molecule has 0 bridgehead atoms. The average molecular weight is 335 g/mol. The SMILES string of the molecule is CC(C)N(C)c1ccc2c(n1)O[C@@](C)(C(C)(C)C)CN(C(=O)O)C2. The third kappa shape index (κ3) is 3.42. The summed E-state index contributed by atoms with van der Waals surface area (Å²) >= 11 is 0. The molecule has 1 atom stereocenters. The van der Waals surface area contributed by atoms with E-state index in [1.807, 2.05) is 26.1 Å². The average Bonchev–Trinajstić information content (AvgIpc) is 2.61. The predicted molar refractivity (Wildman–Crippen MR) is 94.7 cm³/mol. The summed E-state index contributed by atoms with van der Waals surface area (Å²) in [6.45, 7) is 12.9. The second kappa shape index (κ2) is 6.15. The van der Waals surface area contributed by atoms with Crippen LogP contribution >= 0.6 is 0 Å². The molecule has 6 heteroatoms. The minimum atomic E-state index is -0.940. The topological polar surface area (TPSA) is 65.9 Å². The number of hydrogen-bond donors (Lipinski definition) is 1. The number of carbonyl (C=O) groups is 1. The summed E-state index contributed by atoms with van der Waals surface area (Å²) in [7, 11) is 1.99. The molecular weight excluding hydrogens is 306 g/mol. The summed E-state index contributed by atoms with van der Waals surface area (Å²) in [6.07, 6.45) is -0.940. The first-order valence-electron chi connectivity index (χ1n) is 8.34. The van der Waals surface area contributed by atoms with Gasteiger partial charge in [0.15, 0.2) is 0 Å². The number of hydrogen-bond acceptors (Lipinski definition) is 4. The van der Waals surface area contributed by atoms with Crippen LogP contribution in [0.15, 0.2) is 12.1 Å². The van der Waals surface area contributed by atoms with Gasteiger partial charge in [-0.05, 0) is 32.9 Å². The molecule has 6 nitrogen and oxygen atoms in total. The van der Waals surface area contributed by atoms with Crippen molar-refractivity contribution in [2.24, 2.45) is 5.41 Å². The number of pyridine rings is 1. The number of carboxylic acid groups (broad SMARTS) is 1. The smallest absolute Gasteiger partial charge is 0.407 e. The highest BCUT2D eigenvalue weighted by atomic mass is 16.5. The van der Waals surface area contributed by atoms with Crippen molar-refractivity contribution in [3.63, 3.8) is 0 Å². The Kier molecular flexibility index (Phi) is 4.70. The Morgan fingerprint density at radius 3 is 2.54 bits per heavy atom. The van der Waals surface area contributed by atoms with Crippen LogP contribution in [0.4, 0.5) is 10.6 Å². The lowest BCUT2D eigenvalue weighted by molar-refractivity contribution is -0.0352. The van der Waals surface area contributed by atoms with Gasteiger partial charge in [0.25, 0.3) is 0 Å². The van der Waals surface area contributed by atoms with Crippen LogP contribution in [0.5, 0.6) is 5.88 Å². The predicted octanol–water partition coefficient (Wildman–Crippen LogP) is 3.60. The van der Waals surface area contributed by atoms with Crippen molar-refractivity contribution >= 4 is 11.9 Å². The zero-order valence-electron chi connectivity index (χ0n) is 15.8. The van der Waals surface area contributed by atoms with Crippen LogP contribution in [0, 0.1) is 5.41 Å². The molecule has 2 rings (SSSR count). The van der Waals surface area contributed by atoms with Crippen molar-refractivity contribution in [3.8, 4) is 5.88 Å². The summed E-state index contributed by atoms with van der Waals surface area (Å²) in [4.78, 5) is 19.8. The number of rotatable bonds is 2. The van der Waals surface area contributed by atoms with Gasteiger partial charge in [-0.1, -0.05) is 20.8 Å². The Morgan fingerprint density at radius 2 is 2.04 bits per heavy atom. The number of amides is 1. The van der Waals surface area contributed by atoms with Crippen molar-refractivity contribution in [3.05, 3.63) is 17.7 Å². The summed E-state index contributed by atoms with van der Waals surface area (Å²) in [6, 6.07) is 4.15. The molecule has 0 saturated heterocycles. The fourth-order valence-corrected chi connectivity index (χ4v) is 2.53. The largest absolute Gasteiger partial charge is 0.469 e. The fraction of sp³-hybridized carbons (Fsp3) is 0.667. The molecule has 2 heterocycles. The monoisotopic (exact) mass is 335 g/mol. The van der Waals surface area contributed by atoms with E-state index in [2.05, 4.69) is 44.5 Å². The summed E-state index contributed by atoms with van der Waals surface area (Å²) in [5.74, 6) is 1.35. The molecule has 1 aromatic heterocycles. The molecule has 0 saturated carbocycles. The molecule has 0 aliphatic carbocycles. The molecule has 0 spiro atoms. The second-order valence-corrected chi connectivity index (χ2v) is 8.06. The van der Waals surface area contributed by atoms with Gasteiger partial charge in [0.1, 0.15) is 11.4 Å². The standard InChI is InChI=1S/C18H29N3O3/c1-12(2)20(7)14-9-8-13-10-21(16(22)23)11-18(6,17(3,4)5)24-15(13)19-14/h8-9,12H,10-11H2,1-7H3,(H,22,23)/t18-/m1/s1. The first kappa shape index (κ1) is 18.4. The van der Waals surface area contributed by atoms with Crippen molar-refractivity contribution in [2.75, 3.05) is 18.5 Å². The lowest BCUT2D eigenvalue weighted by Gasteiger charge is -2.42. The molecular formula is C18H29N3O3. The fourth-order valence-electron chi connectivity index (χ4n) is 2.53. The molecule has 1 amide bonds. The van der Waals surface area contributed by atoms with Crippen molar-refractivity contribution in [1.29, 1.82) is 0 Å². The van der Waals surface area contributed by atoms with Crippen LogP contribution in [0.1, 0.15) is 47.1 Å². The van der Waals surface area contributed by atoms with Gasteiger partial charge in [-0.25, -0.2) is 4.79 Å². The van der Waals surface area contributed by atoms with E-state index in [1.54, 1.807) is 0 Å². The number of nitrogens with zero attached hydrogens (tertiary/aromatic N) is 3. The lowest BCUT2D eigenvalue weighted by Crippen LogP contribution is -2.53. The number of fused-ring (bicyclic) bond motifs is 1. The van der Waals surface area contributed by atoms with Crippen molar-refractivity contribution in [1.82, 2.24) is 9.88 Å². The van der Waals surface area contributed by atoms with Crippen molar-refractivity contribution < 1.29 is 14.6 Å². The van der Waals surface area contributed by atoms with E-state index in [0.29, 0.717) is 18.5 Å². The van der Waals surface area contributed by atoms with Gasteiger partial charge in [-0.15, -0.1) is 0 Å². The van der Waals surface area contributed by atoms with Crippen LogP contribution < -0.4 is 9.64 Å². The highest BCUT2D eigenvalue weighted by Gasteiger charge is 2.45. The Hall–Kier alpha value is -1.98. The molecule has 1 N–H and O–H groups in total. The van der Waals surface area contributed by atoms with E-state index in [0.717, 1.165) is 11.4 Å². The van der Waals surface area contributed by atoms with Gasteiger partial charge in [0.05, 0.1) is 13.1 Å². The Labute approximate surface area is 144 Å². The van der Waals surface area contributed by atoms with E-state index in [-0.39, 0.29) is 12.0 Å². The molecule has 1 aromatic rings. The minimum absolute atomic E-state index is 0.246. The van der Waals surface area contributed by atoms with Gasteiger partial charge in [0, 0.05) is 24.1 Å². The van der Waals surface area contributed by atoms with Crippen LogP contribution in [-0.4, -0.2) is 46.3 Å². The quantitative estimate of drug-likeness (QED) is 0.894. The van der Waals surface area contributed by atoms with E-state index >= 15 is 0 Å². The van der Waals surface area contributed by atoms with Gasteiger partial charge in [-0.3, -0.25) is 4.90 Å². The second-order valence-electron chi connectivity index (χ2n) is 8.06. The zero-order valence-corrected chi connectivity index (χ0v) is 15.8. The maximum atomic E-state index is 11.6. The summed E-state index contributed by atoms with van der Waals surface area (Å²) in [5, 5.41) is 9.54. The summed E-state index contributed by atoms with van der Waals surface area (Å²) < 4.78 is 6.32. The number of aromatic nitrogens is 1. The maximum Gasteiger partial charge on any atom is 0.407 e. The van der Waals surface area contributed by atoms with E-state index in [9.17, 15) is 9.90 Å². The molecule has 24 heavy (non-hydrogen) atoms. The maximum absolute atomic E-state index is 11.6. The van der Waals surface area contributed by atoms with Crippen molar-refractivity contribution in [2.45, 2.75) is 59.7 Å². The molecule has 0 aromatic carbocycles. The third-order valence-corrected chi connectivity index (χ3v) is 5.09. The van der Waals surface area contributed by atoms with Crippen LogP contribution in [0.25, 0.3) is 0 Å². The first-order valence-corrected chi connectivity index (χ1v) is 8.34. The third-order valence-electron chi connectivity index (χ3n) is 5.09. The normalized spacial score (nSPS) is 21.1. The molecule has 1 aliphatic heterocycles. The Bertz CT molecular complexity index is 624. The van der Waals surface area contributed by atoms with Gasteiger partial charge in [0.2, 0.25) is 5.88 Å². The minimum Gasteiger partial charge on any atom is -0.469 e. The van der Waals surface area contributed by atoms with Crippen LogP contribution in [0.2, 0.25) is 0 Å². The summed E-state index contributed by atoms with van der Waals surface area (Å²) in [5.41, 5.74) is -0.117. The highest BCUT2D eigenvalue weighted by molar-refractivity contribution is 5.65. The molecule has 0 fully saturated rings. The molecule has 0 radical (unpaired) electrons. The lowest BCUT2D eigenvalue weighted by atomic mass is 9.77.